The number of rotatable bonds is 8. The highest BCUT2D eigenvalue weighted by atomic mass is 19.1. The van der Waals surface area contributed by atoms with Crippen LogP contribution in [0.4, 0.5) is 14.5 Å². The monoisotopic (exact) mass is 519 g/mol. The molecule has 2 fully saturated rings. The Labute approximate surface area is 217 Å². The fourth-order valence-electron chi connectivity index (χ4n) is 6.00. The Morgan fingerprint density at radius 3 is 2.82 bits per heavy atom. The maximum atomic E-state index is 15.4. The molecule has 0 spiro atoms. The second-order valence-corrected chi connectivity index (χ2v) is 9.89. The zero-order chi connectivity index (χ0) is 26.4. The number of piperidine rings is 1. The zero-order valence-corrected chi connectivity index (χ0v) is 20.9. The summed E-state index contributed by atoms with van der Waals surface area (Å²) in [5.74, 6) is -0.524. The first-order chi connectivity index (χ1) is 18.5. The van der Waals surface area contributed by atoms with Crippen molar-refractivity contribution in [1.29, 1.82) is 0 Å². The fourth-order valence-corrected chi connectivity index (χ4v) is 6.00. The minimum absolute atomic E-state index is 0.0368. The molecule has 1 saturated heterocycles. The number of anilines is 1. The Morgan fingerprint density at radius 2 is 2.08 bits per heavy atom. The molecule has 3 heterocycles. The molecular formula is C28H27F2N5O3. The molecule has 2 aliphatic rings. The van der Waals surface area contributed by atoms with Gasteiger partial charge in [0.1, 0.15) is 28.6 Å². The minimum Gasteiger partial charge on any atom is -0.496 e. The van der Waals surface area contributed by atoms with Crippen molar-refractivity contribution in [2.45, 2.75) is 38.3 Å². The van der Waals surface area contributed by atoms with E-state index in [1.54, 1.807) is 12.3 Å². The number of methoxy groups -OCH3 is 1. The number of ether oxygens (including phenoxy) is 1. The Bertz CT molecular complexity index is 1540. The highest BCUT2D eigenvalue weighted by Gasteiger charge is 2.40. The summed E-state index contributed by atoms with van der Waals surface area (Å²) in [6.07, 6.45) is 6.25. The smallest absolute Gasteiger partial charge is 0.185 e. The van der Waals surface area contributed by atoms with Crippen molar-refractivity contribution in [2.24, 2.45) is 5.92 Å². The first-order valence-corrected chi connectivity index (χ1v) is 12.7. The molecule has 0 unspecified atom stereocenters. The Morgan fingerprint density at radius 1 is 1.21 bits per heavy atom. The van der Waals surface area contributed by atoms with Crippen LogP contribution in [0.3, 0.4) is 0 Å². The van der Waals surface area contributed by atoms with Gasteiger partial charge in [-0.15, -0.1) is 0 Å². The predicted octanol–water partition coefficient (Wildman–Crippen LogP) is 4.19. The number of carbonyl (C=O) groups is 1. The van der Waals surface area contributed by atoms with Crippen LogP contribution < -0.4 is 9.64 Å². The third kappa shape index (κ3) is 4.09. The number of hydrogen-bond acceptors (Lipinski definition) is 7. The molecule has 1 saturated carbocycles. The first kappa shape index (κ1) is 24.4. The molecule has 1 aliphatic heterocycles. The lowest BCUT2D eigenvalue weighted by Crippen LogP contribution is -2.33. The van der Waals surface area contributed by atoms with E-state index < -0.39 is 11.6 Å². The van der Waals surface area contributed by atoms with Gasteiger partial charge < -0.3 is 14.7 Å². The molecule has 1 N–H and O–H groups in total. The fraction of sp³-hybridized carbons (Fsp3) is 0.357. The molecular weight excluding hydrogens is 492 g/mol. The molecule has 2 aromatic heterocycles. The second kappa shape index (κ2) is 9.75. The summed E-state index contributed by atoms with van der Waals surface area (Å²) in [5, 5.41) is 14.4. The number of hydrogen-bond donors (Lipinski definition) is 1. The number of ketones is 1. The van der Waals surface area contributed by atoms with Crippen LogP contribution in [0.15, 0.2) is 42.7 Å². The van der Waals surface area contributed by atoms with Crippen molar-refractivity contribution in [3.63, 3.8) is 0 Å². The predicted molar refractivity (Wildman–Crippen MR) is 137 cm³/mol. The summed E-state index contributed by atoms with van der Waals surface area (Å²) < 4.78 is 36.8. The van der Waals surface area contributed by atoms with Gasteiger partial charge in [0.2, 0.25) is 0 Å². The van der Waals surface area contributed by atoms with E-state index in [2.05, 4.69) is 20.0 Å². The van der Waals surface area contributed by atoms with Gasteiger partial charge in [-0.1, -0.05) is 6.07 Å². The van der Waals surface area contributed by atoms with Gasteiger partial charge in [0, 0.05) is 30.6 Å². The number of benzene rings is 2. The first-order valence-electron chi connectivity index (χ1n) is 12.7. The van der Waals surface area contributed by atoms with Crippen molar-refractivity contribution in [3.05, 3.63) is 65.6 Å². The third-order valence-corrected chi connectivity index (χ3v) is 7.65. The molecule has 0 radical (unpaired) electrons. The SMILES string of the molecule is COc1cccc(F)c1-c1nccc(C(=O)Cc2cc(F)c3c(cnn3CCO)c2N2C[C@H]3CC[C@@H]2C3)n1. The van der Waals surface area contributed by atoms with E-state index >= 15 is 4.39 Å². The molecule has 1 aliphatic carbocycles. The molecule has 4 aromatic rings. The lowest BCUT2D eigenvalue weighted by atomic mass is 9.99. The van der Waals surface area contributed by atoms with Gasteiger partial charge in [-0.2, -0.15) is 5.10 Å². The van der Waals surface area contributed by atoms with Crippen LogP contribution in [-0.2, 0) is 13.0 Å². The zero-order valence-electron chi connectivity index (χ0n) is 20.9. The molecule has 196 valence electrons. The molecule has 6 rings (SSSR count). The largest absolute Gasteiger partial charge is 0.496 e. The van der Waals surface area contributed by atoms with Crippen LogP contribution in [0, 0.1) is 17.6 Å². The number of aromatic nitrogens is 4. The van der Waals surface area contributed by atoms with E-state index in [0.29, 0.717) is 28.4 Å². The van der Waals surface area contributed by atoms with Crippen molar-refractivity contribution < 1.29 is 23.4 Å². The van der Waals surface area contributed by atoms with E-state index in [9.17, 15) is 14.3 Å². The average molecular weight is 520 g/mol. The van der Waals surface area contributed by atoms with Gasteiger partial charge >= 0.3 is 0 Å². The van der Waals surface area contributed by atoms with Gasteiger partial charge in [-0.3, -0.25) is 9.48 Å². The van der Waals surface area contributed by atoms with Crippen molar-refractivity contribution in [3.8, 4) is 17.1 Å². The van der Waals surface area contributed by atoms with Crippen LogP contribution in [0.25, 0.3) is 22.3 Å². The lowest BCUT2D eigenvalue weighted by Gasteiger charge is -2.31. The summed E-state index contributed by atoms with van der Waals surface area (Å²) in [6.45, 7) is 0.860. The van der Waals surface area contributed by atoms with Gasteiger partial charge in [0.15, 0.2) is 11.6 Å². The van der Waals surface area contributed by atoms with E-state index in [4.69, 9.17) is 4.74 Å². The maximum absolute atomic E-state index is 15.4. The number of halogens is 2. The highest BCUT2D eigenvalue weighted by molar-refractivity contribution is 6.01. The minimum atomic E-state index is -0.562. The van der Waals surface area contributed by atoms with E-state index in [-0.39, 0.29) is 48.2 Å². The van der Waals surface area contributed by atoms with Crippen molar-refractivity contribution in [1.82, 2.24) is 19.7 Å². The Balaban J connectivity index is 1.40. The van der Waals surface area contributed by atoms with Crippen molar-refractivity contribution in [2.75, 3.05) is 25.2 Å². The van der Waals surface area contributed by atoms with Crippen LogP contribution in [0.2, 0.25) is 0 Å². The molecule has 2 atom stereocenters. The van der Waals surface area contributed by atoms with E-state index in [0.717, 1.165) is 25.1 Å². The molecule has 0 amide bonds. The van der Waals surface area contributed by atoms with Gasteiger partial charge in [-0.05, 0) is 55.0 Å². The summed E-state index contributed by atoms with van der Waals surface area (Å²) in [6, 6.07) is 7.61. The average Bonchev–Trinajstić information content (AvgIpc) is 3.66. The summed E-state index contributed by atoms with van der Waals surface area (Å²) in [7, 11) is 1.42. The number of nitrogens with zero attached hydrogens (tertiary/aromatic N) is 5. The number of Topliss-reactive ketones (excluding diaryl/α,β-unsaturated/α-hetero) is 1. The molecule has 8 nitrogen and oxygen atoms in total. The second-order valence-electron chi connectivity index (χ2n) is 9.89. The number of fused-ring (bicyclic) bond motifs is 3. The highest BCUT2D eigenvalue weighted by Crippen LogP contribution is 2.44. The summed E-state index contributed by atoms with van der Waals surface area (Å²) in [5.41, 5.74) is 1.87. The van der Waals surface area contributed by atoms with Crippen molar-refractivity contribution >= 4 is 22.4 Å². The van der Waals surface area contributed by atoms with Crippen LogP contribution in [0.5, 0.6) is 5.75 Å². The third-order valence-electron chi connectivity index (χ3n) is 7.65. The van der Waals surface area contributed by atoms with E-state index in [1.807, 2.05) is 0 Å². The molecule has 10 heteroatoms. The maximum Gasteiger partial charge on any atom is 0.185 e. The normalized spacial score (nSPS) is 18.5. The quantitative estimate of drug-likeness (QED) is 0.349. The van der Waals surface area contributed by atoms with Crippen LogP contribution in [-0.4, -0.2) is 56.9 Å². The van der Waals surface area contributed by atoms with Crippen LogP contribution in [0.1, 0.15) is 35.3 Å². The van der Waals surface area contributed by atoms with Gasteiger partial charge in [0.05, 0.1) is 37.7 Å². The number of aliphatic hydroxyl groups excluding tert-OH is 1. The Hall–Kier alpha value is -3.92. The topological polar surface area (TPSA) is 93.4 Å². The summed E-state index contributed by atoms with van der Waals surface area (Å²) >= 11 is 0. The van der Waals surface area contributed by atoms with E-state index in [1.165, 1.54) is 48.7 Å². The van der Waals surface area contributed by atoms with Crippen LogP contribution >= 0.6 is 0 Å². The molecule has 38 heavy (non-hydrogen) atoms. The number of carbonyl (C=O) groups excluding carboxylic acids is 1. The Kier molecular flexibility index (Phi) is 6.27. The lowest BCUT2D eigenvalue weighted by molar-refractivity contribution is 0.0988. The van der Waals surface area contributed by atoms with Gasteiger partial charge in [-0.25, -0.2) is 18.7 Å². The standard InChI is InChI=1S/C28H27F2N5O3/c1-38-24-4-2-3-20(29)25(24)28-31-8-7-22(33-28)23(37)13-17-12-21(30)27-19(14-32-35(27)9-10-36)26(17)34-15-16-5-6-18(34)11-16/h2-4,7-8,12,14,16,18,36H,5-6,9-11,13,15H2,1H3/t16-,18+/m0/s1. The number of aliphatic hydroxyl groups is 1. The van der Waals surface area contributed by atoms with Gasteiger partial charge in [0.25, 0.3) is 0 Å². The molecule has 2 bridgehead atoms. The molecule has 2 aromatic carbocycles. The summed E-state index contributed by atoms with van der Waals surface area (Å²) in [4.78, 5) is 24.3.